The van der Waals surface area contributed by atoms with Crippen molar-refractivity contribution in [1.82, 2.24) is 4.98 Å². The first-order chi connectivity index (χ1) is 5.79. The summed E-state index contributed by atoms with van der Waals surface area (Å²) in [7, 11) is 3.56. The summed E-state index contributed by atoms with van der Waals surface area (Å²) in [5.41, 5.74) is 0. The summed E-state index contributed by atoms with van der Waals surface area (Å²) in [6.45, 7) is 0.0438. The van der Waals surface area contributed by atoms with Crippen molar-refractivity contribution in [1.29, 1.82) is 0 Å². The molecule has 1 aromatic heterocycles. The zero-order chi connectivity index (χ0) is 8.55. The van der Waals surface area contributed by atoms with Crippen molar-refractivity contribution in [3.05, 3.63) is 25.4 Å². The lowest BCUT2D eigenvalue weighted by molar-refractivity contribution is -0.120. The van der Waals surface area contributed by atoms with Crippen molar-refractivity contribution < 1.29 is 9.53 Å². The van der Waals surface area contributed by atoms with Crippen LogP contribution in [0.25, 0.3) is 0 Å². The van der Waals surface area contributed by atoms with Gasteiger partial charge >= 0.3 is 0 Å². The summed E-state index contributed by atoms with van der Waals surface area (Å²) in [5.74, 6) is 0.905. The average Bonchev–Trinajstić information content (AvgIpc) is 2.12. The van der Waals surface area contributed by atoms with Crippen molar-refractivity contribution in [2.75, 3.05) is 11.5 Å². The number of carbonyl (C=O) groups excluding carboxylic acids is 1. The Kier molecular flexibility index (Phi) is 1.46. The van der Waals surface area contributed by atoms with Crippen molar-refractivity contribution in [3.8, 4) is 5.75 Å². The number of fused-ring (bicyclic) bond motifs is 1. The van der Waals surface area contributed by atoms with E-state index in [0.717, 1.165) is 0 Å². The van der Waals surface area contributed by atoms with Crippen molar-refractivity contribution in [2.24, 2.45) is 0 Å². The van der Waals surface area contributed by atoms with E-state index in [1.807, 2.05) is 0 Å². The minimum absolute atomic E-state index is 0.0438. The Labute approximate surface area is 69.8 Å². The lowest BCUT2D eigenvalue weighted by atomic mass is 10.3. The van der Waals surface area contributed by atoms with Crippen LogP contribution in [0.3, 0.4) is 0 Å². The Morgan fingerprint density at radius 2 is 2.50 bits per heavy atom. The van der Waals surface area contributed by atoms with Crippen molar-refractivity contribution >= 4 is 11.7 Å². The molecule has 1 amide bonds. The fourth-order valence-electron chi connectivity index (χ4n) is 1.03. The molecule has 12 heavy (non-hydrogen) atoms. The fraction of sp³-hybridized carbons (Fsp3) is 0.125. The molecule has 2 rings (SSSR count). The highest BCUT2D eigenvalue weighted by atomic mass is 16.5. The SMILES string of the molecule is [CH2-]N1C(=O)COc2cccnc21. The highest BCUT2D eigenvalue weighted by molar-refractivity contribution is 5.96. The van der Waals surface area contributed by atoms with Gasteiger partial charge in [0.05, 0.1) is 0 Å². The minimum atomic E-state index is -0.179. The first kappa shape index (κ1) is 7.09. The molecule has 0 saturated carbocycles. The molecule has 0 atom stereocenters. The molecule has 0 spiro atoms. The van der Waals surface area contributed by atoms with Gasteiger partial charge in [-0.2, -0.15) is 0 Å². The summed E-state index contributed by atoms with van der Waals surface area (Å²) in [4.78, 5) is 16.3. The molecule has 0 aliphatic carbocycles. The quantitative estimate of drug-likeness (QED) is 0.526. The molecule has 0 N–H and O–H groups in total. The first-order valence-electron chi connectivity index (χ1n) is 3.50. The molecule has 4 nitrogen and oxygen atoms in total. The maximum atomic E-state index is 11.1. The summed E-state index contributed by atoms with van der Waals surface area (Å²) < 4.78 is 5.11. The van der Waals surface area contributed by atoms with Crippen LogP contribution in [0.4, 0.5) is 5.82 Å². The molecule has 4 heteroatoms. The zero-order valence-electron chi connectivity index (χ0n) is 6.36. The minimum Gasteiger partial charge on any atom is -0.480 e. The lowest BCUT2D eigenvalue weighted by Crippen LogP contribution is -2.34. The summed E-state index contributed by atoms with van der Waals surface area (Å²) >= 11 is 0. The summed E-state index contributed by atoms with van der Waals surface area (Å²) in [5, 5.41) is 0. The number of anilines is 1. The van der Waals surface area contributed by atoms with Gasteiger partial charge in [-0.05, 0) is 12.1 Å². The fourth-order valence-corrected chi connectivity index (χ4v) is 1.03. The van der Waals surface area contributed by atoms with E-state index in [1.54, 1.807) is 18.3 Å². The molecule has 62 valence electrons. The van der Waals surface area contributed by atoms with Crippen LogP contribution in [-0.2, 0) is 4.79 Å². The van der Waals surface area contributed by atoms with E-state index in [2.05, 4.69) is 12.0 Å². The number of hydrogen-bond donors (Lipinski definition) is 0. The lowest BCUT2D eigenvalue weighted by Gasteiger charge is -2.30. The van der Waals surface area contributed by atoms with Crippen LogP contribution in [0.2, 0.25) is 0 Å². The van der Waals surface area contributed by atoms with Gasteiger partial charge in [0.15, 0.2) is 12.4 Å². The molecule has 0 fully saturated rings. The van der Waals surface area contributed by atoms with Gasteiger partial charge in [0.25, 0.3) is 0 Å². The van der Waals surface area contributed by atoms with Gasteiger partial charge < -0.3 is 9.64 Å². The Bertz CT molecular complexity index is 325. The number of amides is 1. The third-order valence-corrected chi connectivity index (χ3v) is 1.66. The van der Waals surface area contributed by atoms with Gasteiger partial charge in [0.2, 0.25) is 5.91 Å². The van der Waals surface area contributed by atoms with E-state index < -0.39 is 0 Å². The number of nitrogens with zero attached hydrogens (tertiary/aromatic N) is 2. The maximum absolute atomic E-state index is 11.1. The van der Waals surface area contributed by atoms with Gasteiger partial charge in [-0.3, -0.25) is 4.79 Å². The second kappa shape index (κ2) is 2.48. The van der Waals surface area contributed by atoms with Crippen molar-refractivity contribution in [3.63, 3.8) is 0 Å². The molecule has 1 aliphatic heterocycles. The monoisotopic (exact) mass is 163 g/mol. The average molecular weight is 163 g/mol. The van der Waals surface area contributed by atoms with Crippen LogP contribution in [0.15, 0.2) is 18.3 Å². The molecule has 1 aromatic rings. The van der Waals surface area contributed by atoms with Crippen LogP contribution < -0.4 is 9.64 Å². The van der Waals surface area contributed by atoms with E-state index in [0.29, 0.717) is 11.6 Å². The van der Waals surface area contributed by atoms with E-state index in [1.165, 1.54) is 4.90 Å². The molecule has 0 bridgehead atoms. The number of pyridine rings is 1. The number of ether oxygens (including phenoxy) is 1. The molecular weight excluding hydrogens is 156 g/mol. The molecule has 0 radical (unpaired) electrons. The van der Waals surface area contributed by atoms with E-state index >= 15 is 0 Å². The van der Waals surface area contributed by atoms with Crippen LogP contribution in [0.1, 0.15) is 0 Å². The maximum Gasteiger partial charge on any atom is 0.236 e. The topological polar surface area (TPSA) is 42.4 Å². The van der Waals surface area contributed by atoms with Gasteiger partial charge in [-0.1, -0.05) is 0 Å². The van der Waals surface area contributed by atoms with E-state index in [4.69, 9.17) is 4.74 Å². The molecule has 1 aliphatic rings. The van der Waals surface area contributed by atoms with Crippen LogP contribution >= 0.6 is 0 Å². The predicted molar refractivity (Wildman–Crippen MR) is 42.6 cm³/mol. The van der Waals surface area contributed by atoms with E-state index in [9.17, 15) is 4.79 Å². The summed E-state index contributed by atoms with van der Waals surface area (Å²) in [6, 6.07) is 3.51. The molecular formula is C8H7N2O2-. The Balaban J connectivity index is 2.48. The zero-order valence-corrected chi connectivity index (χ0v) is 6.36. The van der Waals surface area contributed by atoms with Gasteiger partial charge in [0.1, 0.15) is 5.82 Å². The van der Waals surface area contributed by atoms with Gasteiger partial charge in [0, 0.05) is 6.20 Å². The van der Waals surface area contributed by atoms with Gasteiger partial charge in [-0.15, -0.1) is 0 Å². The largest absolute Gasteiger partial charge is 0.480 e. The Morgan fingerprint density at radius 3 is 3.33 bits per heavy atom. The Hall–Kier alpha value is -1.58. The van der Waals surface area contributed by atoms with Crippen LogP contribution in [0, 0.1) is 7.05 Å². The summed E-state index contributed by atoms with van der Waals surface area (Å²) in [6.07, 6.45) is 1.60. The second-order valence-electron chi connectivity index (χ2n) is 2.44. The third kappa shape index (κ3) is 0.922. The van der Waals surface area contributed by atoms with E-state index in [-0.39, 0.29) is 12.5 Å². The number of rotatable bonds is 0. The normalized spacial score (nSPS) is 15.4. The molecule has 0 saturated heterocycles. The Morgan fingerprint density at radius 1 is 1.67 bits per heavy atom. The smallest absolute Gasteiger partial charge is 0.236 e. The number of aromatic nitrogens is 1. The first-order valence-corrected chi connectivity index (χ1v) is 3.50. The predicted octanol–water partition coefficient (Wildman–Crippen LogP) is 0.599. The van der Waals surface area contributed by atoms with Crippen molar-refractivity contribution in [2.45, 2.75) is 0 Å². The molecule has 2 heterocycles. The molecule has 0 unspecified atom stereocenters. The highest BCUT2D eigenvalue weighted by Gasteiger charge is 2.17. The third-order valence-electron chi connectivity index (χ3n) is 1.66. The number of hydrogen-bond acceptors (Lipinski definition) is 3. The van der Waals surface area contributed by atoms with Crippen LogP contribution in [-0.4, -0.2) is 17.5 Å². The number of carbonyl (C=O) groups is 1. The van der Waals surface area contributed by atoms with Crippen LogP contribution in [0.5, 0.6) is 5.75 Å². The second-order valence-corrected chi connectivity index (χ2v) is 2.44. The van der Waals surface area contributed by atoms with Gasteiger partial charge in [-0.25, -0.2) is 12.0 Å². The standard InChI is InChI=1S/C8H7N2O2/c1-10-7(11)5-12-6-3-2-4-9-8(6)10/h2-4H,1,5H2/q-1. The highest BCUT2D eigenvalue weighted by Crippen LogP contribution is 2.27. The molecule has 0 aromatic carbocycles.